The highest BCUT2D eigenvalue weighted by Gasteiger charge is 2.15. The van der Waals surface area contributed by atoms with Crippen LogP contribution in [0.25, 0.3) is 11.3 Å². The lowest BCUT2D eigenvalue weighted by molar-refractivity contribution is -0.139. The van der Waals surface area contributed by atoms with Gasteiger partial charge in [0.1, 0.15) is 10.8 Å². The Bertz CT molecular complexity index is 637. The monoisotopic (exact) mass is 313 g/mol. The number of carboxylic acid groups (broad SMARTS) is 1. The number of carbonyl (C=O) groups is 1. The molecule has 0 atom stereocenters. The summed E-state index contributed by atoms with van der Waals surface area (Å²) in [6.45, 7) is 1.59. The van der Waals surface area contributed by atoms with Gasteiger partial charge in [0.05, 0.1) is 10.7 Å². The van der Waals surface area contributed by atoms with Crippen LogP contribution in [-0.2, 0) is 11.2 Å². The molecule has 4 nitrogen and oxygen atoms in total. The van der Waals surface area contributed by atoms with Gasteiger partial charge >= 0.3 is 5.97 Å². The number of halogens is 2. The van der Waals surface area contributed by atoms with Crippen molar-refractivity contribution in [3.63, 3.8) is 0 Å². The van der Waals surface area contributed by atoms with Crippen LogP contribution in [0.15, 0.2) is 24.4 Å². The molecule has 2 aromatic rings. The van der Waals surface area contributed by atoms with Crippen LogP contribution >= 0.6 is 23.2 Å². The van der Waals surface area contributed by atoms with Crippen LogP contribution in [0.2, 0.25) is 10.0 Å². The number of aliphatic carboxylic acids is 1. The second kappa shape index (κ2) is 6.20. The first kappa shape index (κ1) is 14.8. The Hall–Kier alpha value is -1.65. The molecule has 0 bridgehead atoms. The molecule has 0 saturated carbocycles. The molecule has 1 aromatic heterocycles. The topological polar surface area (TPSA) is 62.3 Å². The maximum absolute atomic E-state index is 10.5. The van der Waals surface area contributed by atoms with Crippen LogP contribution in [0.3, 0.4) is 0 Å². The van der Waals surface area contributed by atoms with E-state index < -0.39 is 12.6 Å². The molecule has 6 heteroatoms. The number of hydrogen-bond donors (Lipinski definition) is 2. The van der Waals surface area contributed by atoms with Gasteiger partial charge in [0.25, 0.3) is 0 Å². The van der Waals surface area contributed by atoms with Gasteiger partial charge in [-0.2, -0.15) is 0 Å². The Morgan fingerprint density at radius 1 is 1.30 bits per heavy atom. The summed E-state index contributed by atoms with van der Waals surface area (Å²) >= 11 is 12.4. The Morgan fingerprint density at radius 3 is 2.70 bits per heavy atom. The van der Waals surface area contributed by atoms with E-state index in [2.05, 4.69) is 4.98 Å². The van der Waals surface area contributed by atoms with Gasteiger partial charge in [-0.25, -0.2) is 4.79 Å². The minimum Gasteiger partial charge on any atom is -0.480 e. The number of hydrogen-bond acceptors (Lipinski definition) is 2. The van der Waals surface area contributed by atoms with E-state index in [1.54, 1.807) is 12.1 Å². The van der Waals surface area contributed by atoms with Crippen molar-refractivity contribution in [1.29, 1.82) is 0 Å². The van der Waals surface area contributed by atoms with Crippen LogP contribution < -0.4 is 4.74 Å². The fraction of sp³-hybridized carbons (Fsp3) is 0.214. The summed E-state index contributed by atoms with van der Waals surface area (Å²) in [6, 6.07) is 5.36. The van der Waals surface area contributed by atoms with Crippen LogP contribution in [0.1, 0.15) is 12.5 Å². The number of benzene rings is 1. The van der Waals surface area contributed by atoms with E-state index in [-0.39, 0.29) is 10.8 Å². The molecular weight excluding hydrogens is 301 g/mol. The molecular formula is C14H13Cl2NO3. The summed E-state index contributed by atoms with van der Waals surface area (Å²) in [5, 5.41) is 9.15. The van der Waals surface area contributed by atoms with E-state index in [0.717, 1.165) is 23.2 Å². The van der Waals surface area contributed by atoms with E-state index in [0.29, 0.717) is 5.02 Å². The highest BCUT2D eigenvalue weighted by atomic mass is 35.5. The second-order valence-corrected chi connectivity index (χ2v) is 4.91. The maximum atomic E-state index is 10.5. The van der Waals surface area contributed by atoms with E-state index >= 15 is 0 Å². The van der Waals surface area contributed by atoms with E-state index in [1.165, 1.54) is 0 Å². The van der Waals surface area contributed by atoms with Crippen molar-refractivity contribution < 1.29 is 14.6 Å². The molecule has 0 unspecified atom stereocenters. The SMILES string of the molecule is CCc1cc[nH]c1-c1ccc(OCC(=O)O)c(Cl)c1Cl. The molecule has 0 aliphatic rings. The number of aromatic nitrogens is 1. The first-order valence-corrected chi connectivity index (χ1v) is 6.79. The lowest BCUT2D eigenvalue weighted by Gasteiger charge is -2.11. The number of carboxylic acids is 1. The Labute approximate surface area is 126 Å². The normalized spacial score (nSPS) is 10.6. The molecule has 1 heterocycles. The summed E-state index contributed by atoms with van der Waals surface area (Å²) in [5.41, 5.74) is 2.80. The minimum absolute atomic E-state index is 0.210. The molecule has 20 heavy (non-hydrogen) atoms. The third kappa shape index (κ3) is 2.92. The zero-order valence-electron chi connectivity index (χ0n) is 10.7. The number of H-pyrrole nitrogens is 1. The fourth-order valence-corrected chi connectivity index (χ4v) is 2.39. The summed E-state index contributed by atoms with van der Waals surface area (Å²) in [5.74, 6) is -0.814. The van der Waals surface area contributed by atoms with Crippen molar-refractivity contribution >= 4 is 29.2 Å². The minimum atomic E-state index is -1.07. The highest BCUT2D eigenvalue weighted by molar-refractivity contribution is 6.44. The summed E-state index contributed by atoms with van der Waals surface area (Å²) in [6.07, 6.45) is 2.71. The van der Waals surface area contributed by atoms with Crippen LogP contribution in [-0.4, -0.2) is 22.7 Å². The average Bonchev–Trinajstić information content (AvgIpc) is 2.88. The van der Waals surface area contributed by atoms with Crippen LogP contribution in [0, 0.1) is 0 Å². The predicted molar refractivity (Wildman–Crippen MR) is 78.8 cm³/mol. The zero-order valence-corrected chi connectivity index (χ0v) is 12.3. The lowest BCUT2D eigenvalue weighted by atomic mass is 10.1. The van der Waals surface area contributed by atoms with Crippen molar-refractivity contribution in [3.05, 3.63) is 40.0 Å². The standard InChI is InChI=1S/C14H13Cl2NO3/c1-2-8-5-6-17-14(8)9-3-4-10(13(16)12(9)15)20-7-11(18)19/h3-6,17H,2,7H2,1H3,(H,18,19). The predicted octanol–water partition coefficient (Wildman–Crippen LogP) is 4.01. The third-order valence-corrected chi connectivity index (χ3v) is 3.75. The largest absolute Gasteiger partial charge is 0.480 e. The Kier molecular flexibility index (Phi) is 4.57. The van der Waals surface area contributed by atoms with Crippen molar-refractivity contribution in [2.75, 3.05) is 6.61 Å². The molecule has 0 saturated heterocycles. The summed E-state index contributed by atoms with van der Waals surface area (Å²) in [7, 11) is 0. The number of ether oxygens (including phenoxy) is 1. The number of aromatic amines is 1. The molecule has 0 amide bonds. The van der Waals surface area contributed by atoms with Crippen LogP contribution in [0.4, 0.5) is 0 Å². The van der Waals surface area contributed by atoms with Gasteiger partial charge in [-0.1, -0.05) is 30.1 Å². The van der Waals surface area contributed by atoms with Crippen molar-refractivity contribution in [1.82, 2.24) is 4.98 Å². The van der Waals surface area contributed by atoms with E-state index in [1.807, 2.05) is 19.2 Å². The quantitative estimate of drug-likeness (QED) is 0.876. The van der Waals surface area contributed by atoms with E-state index in [9.17, 15) is 4.79 Å². The fourth-order valence-electron chi connectivity index (χ4n) is 1.92. The molecule has 1 aromatic carbocycles. The molecule has 0 radical (unpaired) electrons. The van der Waals surface area contributed by atoms with Crippen molar-refractivity contribution in [2.45, 2.75) is 13.3 Å². The third-order valence-electron chi connectivity index (χ3n) is 2.88. The van der Waals surface area contributed by atoms with Crippen LogP contribution in [0.5, 0.6) is 5.75 Å². The number of rotatable bonds is 5. The number of aryl methyl sites for hydroxylation is 1. The maximum Gasteiger partial charge on any atom is 0.341 e. The molecule has 0 aliphatic carbocycles. The Morgan fingerprint density at radius 2 is 2.05 bits per heavy atom. The molecule has 0 fully saturated rings. The smallest absolute Gasteiger partial charge is 0.341 e. The van der Waals surface area contributed by atoms with Gasteiger partial charge in [-0.05, 0) is 30.2 Å². The van der Waals surface area contributed by atoms with Crippen molar-refractivity contribution in [2.24, 2.45) is 0 Å². The molecule has 2 rings (SSSR count). The molecule has 2 N–H and O–H groups in total. The van der Waals surface area contributed by atoms with E-state index in [4.69, 9.17) is 33.0 Å². The lowest BCUT2D eigenvalue weighted by Crippen LogP contribution is -2.09. The Balaban J connectivity index is 2.38. The highest BCUT2D eigenvalue weighted by Crippen LogP contribution is 2.40. The van der Waals surface area contributed by atoms with Gasteiger partial charge in [0, 0.05) is 11.8 Å². The summed E-state index contributed by atoms with van der Waals surface area (Å²) < 4.78 is 5.08. The van der Waals surface area contributed by atoms with Gasteiger partial charge in [0.15, 0.2) is 6.61 Å². The van der Waals surface area contributed by atoms with Crippen molar-refractivity contribution in [3.8, 4) is 17.0 Å². The molecule has 0 spiro atoms. The second-order valence-electron chi connectivity index (χ2n) is 4.15. The summed E-state index contributed by atoms with van der Waals surface area (Å²) in [4.78, 5) is 13.6. The average molecular weight is 314 g/mol. The molecule has 0 aliphatic heterocycles. The van der Waals surface area contributed by atoms with Gasteiger partial charge in [-0.15, -0.1) is 0 Å². The van der Waals surface area contributed by atoms with Gasteiger partial charge < -0.3 is 14.8 Å². The first-order valence-electron chi connectivity index (χ1n) is 6.03. The zero-order chi connectivity index (χ0) is 14.7. The van der Waals surface area contributed by atoms with Gasteiger partial charge in [-0.3, -0.25) is 0 Å². The van der Waals surface area contributed by atoms with Gasteiger partial charge in [0.2, 0.25) is 0 Å². The molecule has 106 valence electrons. The number of nitrogens with one attached hydrogen (secondary N) is 1. The first-order chi connectivity index (χ1) is 9.54.